The van der Waals surface area contributed by atoms with Crippen molar-refractivity contribution in [3.05, 3.63) is 16.5 Å². The van der Waals surface area contributed by atoms with Gasteiger partial charge in [0.15, 0.2) is 0 Å². The first-order valence-electron chi connectivity index (χ1n) is 6.89. The highest BCUT2D eigenvalue weighted by molar-refractivity contribution is 7.16. The number of amides is 2. The Hall–Kier alpha value is -1.89. The number of hydrogen-bond donors (Lipinski definition) is 3. The predicted octanol–water partition coefficient (Wildman–Crippen LogP) is 2.25. The quantitative estimate of drug-likeness (QED) is 0.719. The highest BCUT2D eigenvalue weighted by Gasteiger charge is 2.22. The van der Waals surface area contributed by atoms with Crippen LogP contribution in [-0.4, -0.2) is 28.9 Å². The topological polar surface area (TPSA) is 95.5 Å². The minimum absolute atomic E-state index is 0.182. The Kier molecular flexibility index (Phi) is 6.36. The molecule has 0 saturated heterocycles. The molecule has 7 heteroatoms. The number of rotatable bonds is 7. The van der Waals surface area contributed by atoms with Crippen LogP contribution >= 0.6 is 11.3 Å². The molecule has 116 valence electrons. The molecule has 0 aliphatic heterocycles. The summed E-state index contributed by atoms with van der Waals surface area (Å²) >= 11 is 1.33. The van der Waals surface area contributed by atoms with Crippen LogP contribution in [0.25, 0.3) is 0 Å². The molecule has 6 nitrogen and oxygen atoms in total. The van der Waals surface area contributed by atoms with Crippen molar-refractivity contribution < 1.29 is 19.5 Å². The molecule has 3 N–H and O–H groups in total. The van der Waals surface area contributed by atoms with Crippen LogP contribution < -0.4 is 10.6 Å². The molecule has 2 amide bonds. The largest absolute Gasteiger partial charge is 0.480 e. The van der Waals surface area contributed by atoms with Gasteiger partial charge in [0.2, 0.25) is 5.91 Å². The van der Waals surface area contributed by atoms with Crippen LogP contribution in [0.5, 0.6) is 0 Å². The lowest BCUT2D eigenvalue weighted by Gasteiger charge is -2.12. The van der Waals surface area contributed by atoms with E-state index in [1.165, 1.54) is 11.3 Å². The zero-order valence-electron chi connectivity index (χ0n) is 12.4. The van der Waals surface area contributed by atoms with E-state index >= 15 is 0 Å². The van der Waals surface area contributed by atoms with E-state index in [1.54, 1.807) is 19.9 Å². The second-order valence-electron chi connectivity index (χ2n) is 4.48. The zero-order valence-corrected chi connectivity index (χ0v) is 13.2. The average molecular weight is 312 g/mol. The van der Waals surface area contributed by atoms with Crippen LogP contribution in [0.2, 0.25) is 0 Å². The van der Waals surface area contributed by atoms with E-state index in [9.17, 15) is 14.4 Å². The minimum Gasteiger partial charge on any atom is -0.480 e. The molecule has 0 bridgehead atoms. The number of anilines is 1. The lowest BCUT2D eigenvalue weighted by molar-refractivity contribution is -0.139. The van der Waals surface area contributed by atoms with Gasteiger partial charge in [-0.05, 0) is 18.9 Å². The molecule has 0 fully saturated rings. The zero-order chi connectivity index (χ0) is 16.0. The summed E-state index contributed by atoms with van der Waals surface area (Å²) in [7, 11) is 0. The number of thiophene rings is 1. The highest BCUT2D eigenvalue weighted by atomic mass is 32.1. The van der Waals surface area contributed by atoms with E-state index in [4.69, 9.17) is 5.11 Å². The maximum atomic E-state index is 12.2. The van der Waals surface area contributed by atoms with Crippen molar-refractivity contribution in [2.75, 3.05) is 5.32 Å². The Labute approximate surface area is 127 Å². The molecule has 1 unspecified atom stereocenters. The Morgan fingerprint density at radius 2 is 1.95 bits per heavy atom. The third kappa shape index (κ3) is 4.56. The molecule has 1 aromatic rings. The number of hydrogen-bond acceptors (Lipinski definition) is 4. The van der Waals surface area contributed by atoms with Crippen molar-refractivity contribution in [1.29, 1.82) is 0 Å². The van der Waals surface area contributed by atoms with Gasteiger partial charge in [0, 0.05) is 11.3 Å². The molecule has 0 saturated carbocycles. The van der Waals surface area contributed by atoms with Gasteiger partial charge in [-0.1, -0.05) is 20.8 Å². The van der Waals surface area contributed by atoms with E-state index in [-0.39, 0.29) is 5.91 Å². The SMILES string of the molecule is CCC(=O)Nc1sc(CC)cc1C(=O)NC(CC)C(=O)O. The second kappa shape index (κ2) is 7.78. The Morgan fingerprint density at radius 3 is 2.43 bits per heavy atom. The molecular formula is C14H20N2O4S. The van der Waals surface area contributed by atoms with E-state index in [2.05, 4.69) is 10.6 Å². The Balaban J connectivity index is 2.98. The molecule has 0 spiro atoms. The Bertz CT molecular complexity index is 539. The van der Waals surface area contributed by atoms with Gasteiger partial charge in [-0.3, -0.25) is 9.59 Å². The molecule has 1 rings (SSSR count). The first-order valence-corrected chi connectivity index (χ1v) is 7.70. The van der Waals surface area contributed by atoms with Crippen molar-refractivity contribution >= 4 is 34.1 Å². The monoisotopic (exact) mass is 312 g/mol. The molecule has 21 heavy (non-hydrogen) atoms. The van der Waals surface area contributed by atoms with Gasteiger partial charge in [0.25, 0.3) is 5.91 Å². The number of carbonyl (C=O) groups excluding carboxylic acids is 2. The summed E-state index contributed by atoms with van der Waals surface area (Å²) in [6.45, 7) is 5.36. The first kappa shape index (κ1) is 17.2. The molecule has 1 aromatic heterocycles. The smallest absolute Gasteiger partial charge is 0.326 e. The lowest BCUT2D eigenvalue weighted by Crippen LogP contribution is -2.40. The summed E-state index contributed by atoms with van der Waals surface area (Å²) in [6, 6.07) is 0.761. The number of aryl methyl sites for hydroxylation is 1. The Morgan fingerprint density at radius 1 is 1.29 bits per heavy atom. The number of carbonyl (C=O) groups is 3. The van der Waals surface area contributed by atoms with Gasteiger partial charge < -0.3 is 15.7 Å². The second-order valence-corrected chi connectivity index (χ2v) is 5.62. The van der Waals surface area contributed by atoms with E-state index < -0.39 is 17.9 Å². The van der Waals surface area contributed by atoms with Gasteiger partial charge in [-0.2, -0.15) is 0 Å². The first-order chi connectivity index (χ1) is 9.92. The van der Waals surface area contributed by atoms with Crippen LogP contribution in [0, 0.1) is 0 Å². The van der Waals surface area contributed by atoms with Crippen LogP contribution in [-0.2, 0) is 16.0 Å². The summed E-state index contributed by atoms with van der Waals surface area (Å²) in [5, 5.41) is 14.6. The van der Waals surface area contributed by atoms with Crippen LogP contribution in [0.15, 0.2) is 6.07 Å². The summed E-state index contributed by atoms with van der Waals surface area (Å²) in [5.41, 5.74) is 0.318. The fourth-order valence-corrected chi connectivity index (χ4v) is 2.68. The molecule has 0 radical (unpaired) electrons. The summed E-state index contributed by atoms with van der Waals surface area (Å²) in [6.07, 6.45) is 1.35. The predicted molar refractivity (Wildman–Crippen MR) is 81.8 cm³/mol. The maximum absolute atomic E-state index is 12.2. The highest BCUT2D eigenvalue weighted by Crippen LogP contribution is 2.29. The van der Waals surface area contributed by atoms with E-state index in [1.807, 2.05) is 6.92 Å². The van der Waals surface area contributed by atoms with Crippen molar-refractivity contribution in [2.45, 2.75) is 46.1 Å². The molecule has 0 aliphatic rings. The van der Waals surface area contributed by atoms with Crippen LogP contribution in [0.3, 0.4) is 0 Å². The van der Waals surface area contributed by atoms with Crippen molar-refractivity contribution in [1.82, 2.24) is 5.32 Å². The number of aliphatic carboxylic acids is 1. The molecular weight excluding hydrogens is 292 g/mol. The fourth-order valence-electron chi connectivity index (χ4n) is 1.67. The van der Waals surface area contributed by atoms with E-state index in [0.717, 1.165) is 11.3 Å². The average Bonchev–Trinajstić information content (AvgIpc) is 2.86. The number of carboxylic acid groups (broad SMARTS) is 1. The fraction of sp³-hybridized carbons (Fsp3) is 0.500. The third-order valence-corrected chi connectivity index (χ3v) is 4.16. The third-order valence-electron chi connectivity index (χ3n) is 2.96. The number of nitrogens with one attached hydrogen (secondary N) is 2. The summed E-state index contributed by atoms with van der Waals surface area (Å²) < 4.78 is 0. The standard InChI is InChI=1S/C14H20N2O4S/c1-4-8-7-9(13(21-8)16-11(17)6-3)12(18)15-10(5-2)14(19)20/h7,10H,4-6H2,1-3H3,(H,15,18)(H,16,17)(H,19,20). The van der Waals surface area contributed by atoms with Gasteiger partial charge in [0.05, 0.1) is 5.56 Å². The number of carboxylic acids is 1. The molecule has 0 aromatic carbocycles. The van der Waals surface area contributed by atoms with E-state index in [0.29, 0.717) is 23.4 Å². The summed E-state index contributed by atoms with van der Waals surface area (Å²) in [5.74, 6) is -1.73. The minimum atomic E-state index is -1.07. The summed E-state index contributed by atoms with van der Waals surface area (Å²) in [4.78, 5) is 35.7. The van der Waals surface area contributed by atoms with Gasteiger partial charge in [-0.15, -0.1) is 11.3 Å². The molecule has 1 heterocycles. The van der Waals surface area contributed by atoms with Crippen molar-refractivity contribution in [3.63, 3.8) is 0 Å². The van der Waals surface area contributed by atoms with Gasteiger partial charge in [-0.25, -0.2) is 4.79 Å². The lowest BCUT2D eigenvalue weighted by atomic mass is 10.2. The maximum Gasteiger partial charge on any atom is 0.326 e. The molecule has 1 atom stereocenters. The van der Waals surface area contributed by atoms with Crippen molar-refractivity contribution in [3.8, 4) is 0 Å². The van der Waals surface area contributed by atoms with Crippen molar-refractivity contribution in [2.24, 2.45) is 0 Å². The molecule has 0 aliphatic carbocycles. The van der Waals surface area contributed by atoms with Gasteiger partial charge >= 0.3 is 5.97 Å². The van der Waals surface area contributed by atoms with Crippen LogP contribution in [0.4, 0.5) is 5.00 Å². The van der Waals surface area contributed by atoms with Crippen LogP contribution in [0.1, 0.15) is 48.8 Å². The normalized spacial score (nSPS) is 11.8. The van der Waals surface area contributed by atoms with Gasteiger partial charge in [0.1, 0.15) is 11.0 Å².